The summed E-state index contributed by atoms with van der Waals surface area (Å²) in [6.45, 7) is 0. The molecule has 0 saturated heterocycles. The summed E-state index contributed by atoms with van der Waals surface area (Å²) in [6.07, 6.45) is 0. The van der Waals surface area contributed by atoms with Gasteiger partial charge in [0.2, 0.25) is 0 Å². The summed E-state index contributed by atoms with van der Waals surface area (Å²) in [7, 11) is -10.9. The van der Waals surface area contributed by atoms with Crippen molar-refractivity contribution in [1.29, 1.82) is 0 Å². The summed E-state index contributed by atoms with van der Waals surface area (Å²) in [4.78, 5) is 51.1. The monoisotopic (exact) mass is 322 g/mol. The average Bonchev–Trinajstić information content (AvgIpc) is 1.54. The van der Waals surface area contributed by atoms with E-state index in [-0.39, 0.29) is 105 Å². The van der Waals surface area contributed by atoms with E-state index >= 15 is 0 Å². The Kier molecular flexibility index (Phi) is 96.5. The molecule has 0 fully saturated rings. The third-order valence-electron chi connectivity index (χ3n) is 0. The Hall–Kier alpha value is 2.38. The Morgan fingerprint density at radius 2 is 0.500 bits per heavy atom. The van der Waals surface area contributed by atoms with Gasteiger partial charge in [0.05, 0.1) is 0 Å². The van der Waals surface area contributed by atoms with Crippen molar-refractivity contribution in [3.8, 4) is 0 Å². The molecule has 0 N–H and O–H groups in total. The molecule has 0 aromatic heterocycles. The minimum Gasteiger partial charge on any atom is -0.672 e. The first kappa shape index (κ1) is 42.9. The van der Waals surface area contributed by atoms with Crippen LogP contribution in [0.2, 0.25) is 0 Å². The standard InChI is InChI=1S/2Mg.2Na.3O3Si/c;;;;3*1-4(2)3/q2*+2;2*+1;3*-2. The zero-order valence-electron chi connectivity index (χ0n) is 8.59. The first-order valence-corrected chi connectivity index (χ1v) is 5.51. The molecule has 0 amide bonds. The van der Waals surface area contributed by atoms with Crippen LogP contribution in [0.4, 0.5) is 0 Å². The van der Waals surface area contributed by atoms with Crippen LogP contribution in [0.25, 0.3) is 0 Å². The number of rotatable bonds is 0. The molecule has 0 rings (SSSR count). The van der Waals surface area contributed by atoms with Crippen molar-refractivity contribution in [2.24, 2.45) is 0 Å². The molecule has 0 aliphatic heterocycles. The van der Waals surface area contributed by atoms with E-state index in [4.69, 9.17) is 42.2 Å². The second-order valence-electron chi connectivity index (χ2n) is 0.750. The second-order valence-corrected chi connectivity index (χ2v) is 2.25. The van der Waals surface area contributed by atoms with E-state index < -0.39 is 27.5 Å². The third kappa shape index (κ3) is 683. The van der Waals surface area contributed by atoms with Crippen LogP contribution >= 0.6 is 0 Å². The van der Waals surface area contributed by atoms with Crippen LogP contribution in [0.5, 0.6) is 0 Å². The maximum Gasteiger partial charge on any atom is 2.00 e. The molecule has 16 heteroatoms. The SMILES string of the molecule is O=[Si]([O-])[O-].O=[Si]([O-])[O-].O=[Si]([O-])[O-].[Mg+2].[Mg+2].[Na+].[Na+]. The summed E-state index contributed by atoms with van der Waals surface area (Å²) < 4.78 is 25.6. The maximum absolute atomic E-state index is 8.52. The van der Waals surface area contributed by atoms with Crippen LogP contribution in [-0.4, -0.2) is 73.6 Å². The fourth-order valence-electron chi connectivity index (χ4n) is 0. The van der Waals surface area contributed by atoms with E-state index in [0.29, 0.717) is 0 Å². The minimum atomic E-state index is -3.63. The van der Waals surface area contributed by atoms with Gasteiger partial charge in [-0.05, 0) is 0 Å². The van der Waals surface area contributed by atoms with Gasteiger partial charge in [0, 0.05) is 27.5 Å². The van der Waals surface area contributed by atoms with Crippen molar-refractivity contribution in [2.75, 3.05) is 0 Å². The van der Waals surface area contributed by atoms with Gasteiger partial charge in [-0.15, -0.1) is 0 Å². The molecule has 9 nitrogen and oxygen atoms in total. The molecular weight excluding hydrogens is 323 g/mol. The molecule has 0 aliphatic carbocycles. The van der Waals surface area contributed by atoms with E-state index in [0.717, 1.165) is 0 Å². The van der Waals surface area contributed by atoms with Gasteiger partial charge < -0.3 is 42.2 Å². The van der Waals surface area contributed by atoms with E-state index in [2.05, 4.69) is 0 Å². The van der Waals surface area contributed by atoms with Gasteiger partial charge >= 0.3 is 105 Å². The first-order chi connectivity index (χ1) is 5.20. The van der Waals surface area contributed by atoms with Crippen LogP contribution in [-0.2, 0) is 13.4 Å². The van der Waals surface area contributed by atoms with Crippen molar-refractivity contribution in [2.45, 2.75) is 0 Å². The van der Waals surface area contributed by atoms with Gasteiger partial charge in [-0.1, -0.05) is 0 Å². The fourth-order valence-corrected chi connectivity index (χ4v) is 0. The molecule has 0 bridgehead atoms. The molecule has 0 saturated carbocycles. The third-order valence-corrected chi connectivity index (χ3v) is 0. The minimum absolute atomic E-state index is 0. The zero-order chi connectivity index (χ0) is 10.7. The van der Waals surface area contributed by atoms with Gasteiger partial charge in [-0.3, -0.25) is 0 Å². The Labute approximate surface area is 172 Å². The van der Waals surface area contributed by atoms with Crippen LogP contribution < -0.4 is 87.9 Å². The molecule has 0 spiro atoms. The van der Waals surface area contributed by atoms with Gasteiger partial charge in [0.1, 0.15) is 0 Å². The van der Waals surface area contributed by atoms with Crippen molar-refractivity contribution >= 4 is 73.6 Å². The second kappa shape index (κ2) is 36.0. The van der Waals surface area contributed by atoms with Crippen molar-refractivity contribution < 1.29 is 101 Å². The quantitative estimate of drug-likeness (QED) is 0.389. The summed E-state index contributed by atoms with van der Waals surface area (Å²) in [5.74, 6) is 0. The molecular formula is Mg2Na2O9Si3. The topological polar surface area (TPSA) is 190 Å². The summed E-state index contributed by atoms with van der Waals surface area (Å²) >= 11 is 0. The summed E-state index contributed by atoms with van der Waals surface area (Å²) in [5, 5.41) is 0. The van der Waals surface area contributed by atoms with Crippen molar-refractivity contribution in [3.05, 3.63) is 0 Å². The molecule has 16 heavy (non-hydrogen) atoms. The Balaban J connectivity index is -0.0000000135. The normalized spacial score (nSPS) is 4.50. The molecule has 0 aliphatic rings. The van der Waals surface area contributed by atoms with E-state index in [1.807, 2.05) is 0 Å². The predicted octanol–water partition coefficient (Wildman–Crippen LogP) is -15.4. The van der Waals surface area contributed by atoms with Crippen LogP contribution in [0.3, 0.4) is 0 Å². The largest absolute Gasteiger partial charge is 2.00 e. The maximum atomic E-state index is 8.52. The van der Waals surface area contributed by atoms with Gasteiger partial charge in [-0.25, -0.2) is 0 Å². The van der Waals surface area contributed by atoms with E-state index in [1.165, 1.54) is 0 Å². The summed E-state index contributed by atoms with van der Waals surface area (Å²) in [6, 6.07) is 0. The molecule has 0 aromatic carbocycles. The fraction of sp³-hybridized carbons (Fsp3) is 0. The number of hydrogen-bond donors (Lipinski definition) is 0. The smallest absolute Gasteiger partial charge is 0.672 e. The van der Waals surface area contributed by atoms with Gasteiger partial charge in [0.15, 0.2) is 0 Å². The molecule has 0 unspecified atom stereocenters. The van der Waals surface area contributed by atoms with E-state index in [1.54, 1.807) is 0 Å². The van der Waals surface area contributed by atoms with Crippen molar-refractivity contribution in [1.82, 2.24) is 0 Å². The Morgan fingerprint density at radius 1 is 0.500 bits per heavy atom. The summed E-state index contributed by atoms with van der Waals surface area (Å²) in [5.41, 5.74) is 0. The zero-order valence-corrected chi connectivity index (χ0v) is 18.4. The average molecular weight is 323 g/mol. The van der Waals surface area contributed by atoms with Gasteiger partial charge in [-0.2, -0.15) is 0 Å². The van der Waals surface area contributed by atoms with Crippen LogP contribution in [0.15, 0.2) is 0 Å². The molecule has 0 radical (unpaired) electrons. The molecule has 0 atom stereocenters. The van der Waals surface area contributed by atoms with E-state index in [9.17, 15) is 0 Å². The Bertz CT molecular complexity index is 124. The molecule has 0 aromatic rings. The Morgan fingerprint density at radius 3 is 0.500 bits per heavy atom. The number of hydrogen-bond acceptors (Lipinski definition) is 9. The molecule has 0 heterocycles. The van der Waals surface area contributed by atoms with Crippen LogP contribution in [0.1, 0.15) is 0 Å². The molecule has 72 valence electrons. The predicted molar refractivity (Wildman–Crippen MR) is 30.8 cm³/mol. The van der Waals surface area contributed by atoms with Crippen molar-refractivity contribution in [3.63, 3.8) is 0 Å². The van der Waals surface area contributed by atoms with Crippen LogP contribution in [0, 0.1) is 0 Å². The first-order valence-electron chi connectivity index (χ1n) is 1.84. The van der Waals surface area contributed by atoms with Gasteiger partial charge in [0.25, 0.3) is 0 Å².